The third-order valence-corrected chi connectivity index (χ3v) is 6.30. The summed E-state index contributed by atoms with van der Waals surface area (Å²) >= 11 is 0. The summed E-state index contributed by atoms with van der Waals surface area (Å²) < 4.78 is 0. The second-order valence-corrected chi connectivity index (χ2v) is 8.87. The molecule has 0 radical (unpaired) electrons. The molecule has 0 bridgehead atoms. The zero-order valence-corrected chi connectivity index (χ0v) is 18.9. The summed E-state index contributed by atoms with van der Waals surface area (Å²) in [6, 6.07) is 1.89. The number of likely N-dealkylation sites (tertiary alicyclic amines) is 2. The van der Waals surface area contributed by atoms with Crippen LogP contribution in [0.1, 0.15) is 57.0 Å². The Hall–Kier alpha value is -2.22. The second-order valence-electron chi connectivity index (χ2n) is 8.87. The molecule has 3 rings (SSSR count). The van der Waals surface area contributed by atoms with Gasteiger partial charge >= 0.3 is 0 Å². The van der Waals surface area contributed by atoms with Crippen molar-refractivity contribution in [2.75, 3.05) is 52.1 Å². The summed E-state index contributed by atoms with van der Waals surface area (Å²) in [4.78, 5) is 39.7. The number of aromatic nitrogens is 2. The van der Waals surface area contributed by atoms with Crippen molar-refractivity contribution in [1.82, 2.24) is 24.7 Å². The van der Waals surface area contributed by atoms with Gasteiger partial charge in [0, 0.05) is 52.6 Å². The Morgan fingerprint density at radius 2 is 1.93 bits per heavy atom. The van der Waals surface area contributed by atoms with Crippen LogP contribution in [0.15, 0.2) is 6.07 Å². The number of nitrogens with one attached hydrogen (secondary N) is 1. The lowest BCUT2D eigenvalue weighted by Crippen LogP contribution is -2.46. The Bertz CT molecular complexity index is 747. The second kappa shape index (κ2) is 10.2. The molecule has 0 spiro atoms. The van der Waals surface area contributed by atoms with Crippen LogP contribution in [0.25, 0.3) is 0 Å². The zero-order chi connectivity index (χ0) is 21.7. The summed E-state index contributed by atoms with van der Waals surface area (Å²) in [6.45, 7) is 8.40. The topological polar surface area (TPSA) is 81.7 Å². The maximum Gasteiger partial charge on any atom is 0.236 e. The molecule has 0 unspecified atom stereocenters. The van der Waals surface area contributed by atoms with E-state index in [0.29, 0.717) is 19.0 Å². The van der Waals surface area contributed by atoms with Gasteiger partial charge in [-0.15, -0.1) is 0 Å². The first kappa shape index (κ1) is 22.5. The van der Waals surface area contributed by atoms with E-state index in [0.717, 1.165) is 56.4 Å². The van der Waals surface area contributed by atoms with Gasteiger partial charge in [0.2, 0.25) is 11.8 Å². The fourth-order valence-corrected chi connectivity index (χ4v) is 4.37. The van der Waals surface area contributed by atoms with Crippen LogP contribution in [-0.2, 0) is 16.1 Å². The van der Waals surface area contributed by atoms with Crippen LogP contribution in [0.3, 0.4) is 0 Å². The zero-order valence-electron chi connectivity index (χ0n) is 18.9. The summed E-state index contributed by atoms with van der Waals surface area (Å²) in [5, 5.41) is 3.10. The number of amides is 2. The minimum Gasteiger partial charge on any atom is -0.373 e. The van der Waals surface area contributed by atoms with Crippen molar-refractivity contribution in [2.45, 2.75) is 52.0 Å². The van der Waals surface area contributed by atoms with E-state index < -0.39 is 0 Å². The minimum atomic E-state index is 0.0103. The highest BCUT2D eigenvalue weighted by Crippen LogP contribution is 2.27. The highest BCUT2D eigenvalue weighted by atomic mass is 16.2. The molecule has 8 heteroatoms. The Kier molecular flexibility index (Phi) is 7.64. The van der Waals surface area contributed by atoms with E-state index in [1.54, 1.807) is 18.9 Å². The number of hydrogen-bond donors (Lipinski definition) is 1. The smallest absolute Gasteiger partial charge is 0.236 e. The Morgan fingerprint density at radius 3 is 2.57 bits per heavy atom. The lowest BCUT2D eigenvalue weighted by Gasteiger charge is -2.35. The predicted molar refractivity (Wildman–Crippen MR) is 117 cm³/mol. The van der Waals surface area contributed by atoms with E-state index in [4.69, 9.17) is 4.98 Å². The Labute approximate surface area is 180 Å². The third kappa shape index (κ3) is 5.90. The molecule has 2 saturated heterocycles. The molecule has 2 aliphatic rings. The van der Waals surface area contributed by atoms with Gasteiger partial charge in [0.05, 0.1) is 18.8 Å². The van der Waals surface area contributed by atoms with Crippen LogP contribution in [0, 0.1) is 5.92 Å². The summed E-state index contributed by atoms with van der Waals surface area (Å²) in [5.41, 5.74) is 0.833. The van der Waals surface area contributed by atoms with Crippen molar-refractivity contribution in [2.24, 2.45) is 5.92 Å². The van der Waals surface area contributed by atoms with E-state index in [2.05, 4.69) is 22.1 Å². The van der Waals surface area contributed by atoms with Crippen LogP contribution in [0.5, 0.6) is 0 Å². The van der Waals surface area contributed by atoms with Crippen molar-refractivity contribution in [3.63, 3.8) is 0 Å². The summed E-state index contributed by atoms with van der Waals surface area (Å²) in [5.74, 6) is 2.76. The standard InChI is InChI=1S/C22H36N6O2/c1-16-6-5-9-27(13-16)15-21(30)28-10-7-18(8-11-28)22-24-19(12-20(23-3)25-22)14-26(4)17(2)29/h12,16,18H,5-11,13-15H2,1-4H3,(H,23,24,25)/t16-/m1/s1. The fraction of sp³-hybridized carbons (Fsp3) is 0.727. The highest BCUT2D eigenvalue weighted by molar-refractivity contribution is 5.78. The average molecular weight is 417 g/mol. The Morgan fingerprint density at radius 1 is 1.20 bits per heavy atom. The molecule has 8 nitrogen and oxygen atoms in total. The molecule has 0 saturated carbocycles. The van der Waals surface area contributed by atoms with Gasteiger partial charge in [0.25, 0.3) is 0 Å². The molecule has 3 heterocycles. The molecule has 1 aromatic heterocycles. The van der Waals surface area contributed by atoms with Gasteiger partial charge in [-0.1, -0.05) is 6.92 Å². The first-order valence-corrected chi connectivity index (χ1v) is 11.1. The van der Waals surface area contributed by atoms with Crippen LogP contribution in [0.2, 0.25) is 0 Å². The van der Waals surface area contributed by atoms with Crippen LogP contribution < -0.4 is 5.32 Å². The normalized spacial score (nSPS) is 20.8. The van der Waals surface area contributed by atoms with Gasteiger partial charge in [-0.25, -0.2) is 9.97 Å². The molecule has 2 amide bonds. The van der Waals surface area contributed by atoms with Gasteiger partial charge in [0.15, 0.2) is 0 Å². The van der Waals surface area contributed by atoms with Crippen LogP contribution >= 0.6 is 0 Å². The van der Waals surface area contributed by atoms with E-state index in [9.17, 15) is 9.59 Å². The fourth-order valence-electron chi connectivity index (χ4n) is 4.37. The molecule has 1 aromatic rings. The Balaban J connectivity index is 1.58. The number of piperidine rings is 2. The monoisotopic (exact) mass is 416 g/mol. The lowest BCUT2D eigenvalue weighted by atomic mass is 9.95. The molecule has 2 aliphatic heterocycles. The van der Waals surface area contributed by atoms with E-state index >= 15 is 0 Å². The van der Waals surface area contributed by atoms with E-state index in [-0.39, 0.29) is 17.7 Å². The van der Waals surface area contributed by atoms with Crippen molar-refractivity contribution in [3.05, 3.63) is 17.6 Å². The van der Waals surface area contributed by atoms with Gasteiger partial charge in [-0.3, -0.25) is 14.5 Å². The number of carbonyl (C=O) groups is 2. The molecule has 0 aromatic carbocycles. The van der Waals surface area contributed by atoms with E-state index in [1.165, 1.54) is 12.8 Å². The van der Waals surface area contributed by atoms with E-state index in [1.807, 2.05) is 18.0 Å². The maximum absolute atomic E-state index is 12.8. The molecular formula is C22H36N6O2. The minimum absolute atomic E-state index is 0.0103. The van der Waals surface area contributed by atoms with Gasteiger partial charge in [0.1, 0.15) is 11.6 Å². The van der Waals surface area contributed by atoms with Crippen molar-refractivity contribution >= 4 is 17.6 Å². The van der Waals surface area contributed by atoms with Gasteiger partial charge in [-0.05, 0) is 38.1 Å². The van der Waals surface area contributed by atoms with Crippen LogP contribution in [-0.4, -0.2) is 83.3 Å². The SMILES string of the molecule is CNc1cc(CN(C)C(C)=O)nc(C2CCN(C(=O)CN3CCC[C@@H](C)C3)CC2)n1. The van der Waals surface area contributed by atoms with Gasteiger partial charge in [-0.2, -0.15) is 0 Å². The van der Waals surface area contributed by atoms with Gasteiger partial charge < -0.3 is 15.1 Å². The largest absolute Gasteiger partial charge is 0.373 e. The lowest BCUT2D eigenvalue weighted by molar-refractivity contribution is -0.134. The first-order valence-electron chi connectivity index (χ1n) is 11.1. The van der Waals surface area contributed by atoms with Crippen molar-refractivity contribution in [1.29, 1.82) is 0 Å². The molecule has 0 aliphatic carbocycles. The first-order chi connectivity index (χ1) is 14.4. The molecule has 1 atom stereocenters. The number of rotatable bonds is 6. The van der Waals surface area contributed by atoms with Crippen molar-refractivity contribution in [3.8, 4) is 0 Å². The summed E-state index contributed by atoms with van der Waals surface area (Å²) in [6.07, 6.45) is 4.21. The number of carbonyl (C=O) groups excluding carboxylic acids is 2. The number of hydrogen-bond acceptors (Lipinski definition) is 6. The molecule has 166 valence electrons. The summed E-state index contributed by atoms with van der Waals surface area (Å²) in [7, 11) is 3.61. The number of anilines is 1. The maximum atomic E-state index is 12.8. The predicted octanol–water partition coefficient (Wildman–Crippen LogP) is 1.93. The average Bonchev–Trinajstić information content (AvgIpc) is 2.73. The highest BCUT2D eigenvalue weighted by Gasteiger charge is 2.28. The molecule has 30 heavy (non-hydrogen) atoms. The molecule has 2 fully saturated rings. The quantitative estimate of drug-likeness (QED) is 0.763. The molecule has 1 N–H and O–H groups in total. The van der Waals surface area contributed by atoms with Crippen LogP contribution in [0.4, 0.5) is 5.82 Å². The van der Waals surface area contributed by atoms with Crippen molar-refractivity contribution < 1.29 is 9.59 Å². The molecular weight excluding hydrogens is 380 g/mol. The third-order valence-electron chi connectivity index (χ3n) is 6.30. The number of nitrogens with zero attached hydrogens (tertiary/aromatic N) is 5.